The normalized spacial score (nSPS) is 26.8. The van der Waals surface area contributed by atoms with Crippen LogP contribution in [0.3, 0.4) is 0 Å². The zero-order valence-electron chi connectivity index (χ0n) is 11.2. The molecule has 2 fully saturated rings. The Labute approximate surface area is 139 Å². The van der Waals surface area contributed by atoms with E-state index in [4.69, 9.17) is 34.8 Å². The predicted octanol–water partition coefficient (Wildman–Crippen LogP) is 3.02. The third-order valence-electron chi connectivity index (χ3n) is 4.13. The highest BCUT2D eigenvalue weighted by Gasteiger charge is 2.41. The molecule has 1 aromatic carbocycles. The van der Waals surface area contributed by atoms with Crippen LogP contribution in [0, 0.1) is 5.92 Å². The summed E-state index contributed by atoms with van der Waals surface area (Å²) in [5.74, 6) is 0.360. The Kier molecular flexibility index (Phi) is 4.43. The van der Waals surface area contributed by atoms with Crippen LogP contribution in [-0.2, 0) is 10.0 Å². The highest BCUT2D eigenvalue weighted by molar-refractivity contribution is 7.89. The van der Waals surface area contributed by atoms with E-state index in [1.807, 2.05) is 0 Å². The van der Waals surface area contributed by atoms with Gasteiger partial charge in [0.05, 0.1) is 10.0 Å². The molecule has 0 radical (unpaired) electrons. The van der Waals surface area contributed by atoms with E-state index in [-0.39, 0.29) is 21.0 Å². The molecule has 4 nitrogen and oxygen atoms in total. The molecule has 2 saturated heterocycles. The van der Waals surface area contributed by atoms with Crippen LogP contribution in [0.15, 0.2) is 17.0 Å². The van der Waals surface area contributed by atoms with Gasteiger partial charge in [-0.2, -0.15) is 4.31 Å². The maximum Gasteiger partial charge on any atom is 0.246 e. The topological polar surface area (TPSA) is 49.4 Å². The summed E-state index contributed by atoms with van der Waals surface area (Å²) in [4.78, 5) is -0.0473. The molecule has 1 N–H and O–H groups in total. The third kappa shape index (κ3) is 2.92. The van der Waals surface area contributed by atoms with Crippen LogP contribution in [0.25, 0.3) is 0 Å². The lowest BCUT2D eigenvalue weighted by molar-refractivity contribution is 0.339. The lowest BCUT2D eigenvalue weighted by atomic mass is 9.94. The maximum absolute atomic E-state index is 12.8. The van der Waals surface area contributed by atoms with Crippen molar-refractivity contribution in [1.29, 1.82) is 0 Å². The molecule has 2 unspecified atom stereocenters. The monoisotopic (exact) mass is 368 g/mol. The molecule has 0 amide bonds. The quantitative estimate of drug-likeness (QED) is 0.872. The Morgan fingerprint density at radius 2 is 1.81 bits per heavy atom. The molecule has 116 valence electrons. The van der Waals surface area contributed by atoms with E-state index < -0.39 is 10.0 Å². The van der Waals surface area contributed by atoms with E-state index in [2.05, 4.69) is 5.32 Å². The summed E-state index contributed by atoms with van der Waals surface area (Å²) in [7, 11) is -3.70. The van der Waals surface area contributed by atoms with Gasteiger partial charge in [-0.05, 0) is 37.4 Å². The number of hydrogen-bond donors (Lipinski definition) is 1. The average molecular weight is 370 g/mol. The first-order valence-electron chi connectivity index (χ1n) is 6.77. The Morgan fingerprint density at radius 1 is 1.14 bits per heavy atom. The van der Waals surface area contributed by atoms with Gasteiger partial charge < -0.3 is 5.32 Å². The van der Waals surface area contributed by atoms with Gasteiger partial charge in [-0.3, -0.25) is 0 Å². The molecule has 2 heterocycles. The van der Waals surface area contributed by atoms with Gasteiger partial charge in [0.15, 0.2) is 0 Å². The first-order chi connectivity index (χ1) is 9.89. The van der Waals surface area contributed by atoms with Crippen LogP contribution in [0.5, 0.6) is 0 Å². The summed E-state index contributed by atoms with van der Waals surface area (Å²) < 4.78 is 27.1. The van der Waals surface area contributed by atoms with E-state index >= 15 is 0 Å². The van der Waals surface area contributed by atoms with Crippen LogP contribution in [0.2, 0.25) is 15.1 Å². The van der Waals surface area contributed by atoms with Crippen molar-refractivity contribution in [3.05, 3.63) is 27.2 Å². The first kappa shape index (κ1) is 15.8. The minimum absolute atomic E-state index is 0.0473. The van der Waals surface area contributed by atoms with Gasteiger partial charge in [0.25, 0.3) is 0 Å². The molecule has 0 bridgehead atoms. The maximum atomic E-state index is 12.8. The predicted molar refractivity (Wildman–Crippen MR) is 84.7 cm³/mol. The second-order valence-corrected chi connectivity index (χ2v) is 8.61. The Bertz CT molecular complexity index is 628. The number of nitrogens with zero attached hydrogens (tertiary/aromatic N) is 1. The number of hydrogen-bond acceptors (Lipinski definition) is 3. The van der Waals surface area contributed by atoms with Gasteiger partial charge in [-0.25, -0.2) is 8.42 Å². The molecule has 0 aliphatic carbocycles. The van der Waals surface area contributed by atoms with Crippen LogP contribution in [0.4, 0.5) is 0 Å². The van der Waals surface area contributed by atoms with Crippen molar-refractivity contribution in [1.82, 2.24) is 9.62 Å². The molecule has 21 heavy (non-hydrogen) atoms. The summed E-state index contributed by atoms with van der Waals surface area (Å²) >= 11 is 18.0. The molecule has 0 saturated carbocycles. The smallest absolute Gasteiger partial charge is 0.246 e. The minimum Gasteiger partial charge on any atom is -0.312 e. The molecule has 2 atom stereocenters. The molecule has 1 aromatic rings. The number of nitrogens with one attached hydrogen (secondary N) is 1. The number of fused-ring (bicyclic) bond motifs is 1. The Morgan fingerprint density at radius 3 is 2.43 bits per heavy atom. The molecule has 0 aromatic heterocycles. The molecular weight excluding hydrogens is 355 g/mol. The molecular formula is C13H15Cl3N2O2S. The molecule has 2 aliphatic heterocycles. The summed E-state index contributed by atoms with van der Waals surface area (Å²) in [5.41, 5.74) is 0. The Balaban J connectivity index is 1.95. The van der Waals surface area contributed by atoms with E-state index in [1.165, 1.54) is 16.4 Å². The molecule has 0 spiro atoms. The van der Waals surface area contributed by atoms with Crippen molar-refractivity contribution in [3.63, 3.8) is 0 Å². The average Bonchev–Trinajstić information content (AvgIpc) is 2.81. The van der Waals surface area contributed by atoms with Crippen molar-refractivity contribution in [2.45, 2.75) is 23.8 Å². The second kappa shape index (κ2) is 5.87. The van der Waals surface area contributed by atoms with Crippen molar-refractivity contribution in [2.75, 3.05) is 19.6 Å². The number of piperidine rings is 1. The third-order valence-corrected chi connectivity index (χ3v) is 7.10. The van der Waals surface area contributed by atoms with Gasteiger partial charge in [-0.1, -0.05) is 34.8 Å². The van der Waals surface area contributed by atoms with E-state index in [0.29, 0.717) is 24.0 Å². The van der Waals surface area contributed by atoms with Gasteiger partial charge in [0.2, 0.25) is 10.0 Å². The van der Waals surface area contributed by atoms with Gasteiger partial charge in [0, 0.05) is 24.2 Å². The molecule has 8 heteroatoms. The van der Waals surface area contributed by atoms with Crippen LogP contribution in [-0.4, -0.2) is 38.4 Å². The summed E-state index contributed by atoms with van der Waals surface area (Å²) in [6, 6.07) is 3.03. The summed E-state index contributed by atoms with van der Waals surface area (Å²) in [5, 5.41) is 3.83. The zero-order valence-corrected chi connectivity index (χ0v) is 14.2. The first-order valence-corrected chi connectivity index (χ1v) is 9.35. The van der Waals surface area contributed by atoms with Gasteiger partial charge in [0.1, 0.15) is 4.90 Å². The van der Waals surface area contributed by atoms with Gasteiger partial charge in [-0.15, -0.1) is 0 Å². The summed E-state index contributed by atoms with van der Waals surface area (Å²) in [6.45, 7) is 1.91. The number of rotatable bonds is 2. The van der Waals surface area contributed by atoms with Crippen molar-refractivity contribution < 1.29 is 8.42 Å². The minimum atomic E-state index is -3.70. The Hall–Kier alpha value is -0.0400. The zero-order chi connectivity index (χ0) is 15.2. The lowest BCUT2D eigenvalue weighted by Crippen LogP contribution is -2.41. The van der Waals surface area contributed by atoms with Gasteiger partial charge >= 0.3 is 0 Å². The second-order valence-electron chi connectivity index (χ2n) is 5.48. The highest BCUT2D eigenvalue weighted by Crippen LogP contribution is 2.37. The van der Waals surface area contributed by atoms with Crippen molar-refractivity contribution in [2.24, 2.45) is 5.92 Å². The van der Waals surface area contributed by atoms with Crippen LogP contribution < -0.4 is 5.32 Å². The molecule has 3 rings (SSSR count). The largest absolute Gasteiger partial charge is 0.312 e. The fourth-order valence-electron chi connectivity index (χ4n) is 3.11. The van der Waals surface area contributed by atoms with Crippen molar-refractivity contribution in [3.8, 4) is 0 Å². The van der Waals surface area contributed by atoms with E-state index in [1.54, 1.807) is 0 Å². The number of sulfonamides is 1. The molecule has 2 aliphatic rings. The highest BCUT2D eigenvalue weighted by atomic mass is 35.5. The number of benzene rings is 1. The SMILES string of the molecule is O=S(=O)(c1c(Cl)cc(Cl)cc1Cl)N1CC2CCCNC2C1. The van der Waals surface area contributed by atoms with Crippen LogP contribution >= 0.6 is 34.8 Å². The standard InChI is InChI=1S/C13H15Cl3N2O2S/c14-9-4-10(15)13(11(16)5-9)21(19,20)18-6-8-2-1-3-17-12(8)7-18/h4-5,8,12,17H,1-3,6-7H2. The fourth-order valence-corrected chi connectivity index (χ4v) is 6.12. The van der Waals surface area contributed by atoms with Crippen LogP contribution in [0.1, 0.15) is 12.8 Å². The number of halogens is 3. The van der Waals surface area contributed by atoms with E-state index in [0.717, 1.165) is 19.4 Å². The lowest BCUT2D eigenvalue weighted by Gasteiger charge is -2.24. The fraction of sp³-hybridized carbons (Fsp3) is 0.538. The van der Waals surface area contributed by atoms with E-state index in [9.17, 15) is 8.42 Å². The van der Waals surface area contributed by atoms with Crippen molar-refractivity contribution >= 4 is 44.8 Å². The summed E-state index contributed by atoms with van der Waals surface area (Å²) in [6.07, 6.45) is 2.13.